The van der Waals surface area contributed by atoms with Gasteiger partial charge >= 0.3 is 0 Å². The van der Waals surface area contributed by atoms with Gasteiger partial charge in [-0.15, -0.1) is 0 Å². The highest BCUT2D eigenvalue weighted by molar-refractivity contribution is 7.90. The van der Waals surface area contributed by atoms with Crippen molar-refractivity contribution in [1.82, 2.24) is 25.1 Å². The van der Waals surface area contributed by atoms with E-state index in [2.05, 4.69) is 25.7 Å². The van der Waals surface area contributed by atoms with Crippen LogP contribution in [0.1, 0.15) is 30.7 Å². The topological polar surface area (TPSA) is 115 Å². The highest BCUT2D eigenvalue weighted by atomic mass is 32.2. The number of aromatic nitrogens is 4. The van der Waals surface area contributed by atoms with Gasteiger partial charge in [0.05, 0.1) is 35.6 Å². The second-order valence-electron chi connectivity index (χ2n) is 10.6. The SMILES string of the molecule is CCCNC(CS(C)(=O)=O)c1ccc(-c2ccc3ncnc(Nc4ccc5c(cnn5Cc5cccc(F)c5)c4)c3c2)o1. The quantitative estimate of drug-likeness (QED) is 0.180. The second kappa shape index (κ2) is 11.9. The van der Waals surface area contributed by atoms with Crippen molar-refractivity contribution >= 4 is 43.1 Å². The van der Waals surface area contributed by atoms with Crippen LogP contribution in [0.4, 0.5) is 15.9 Å². The van der Waals surface area contributed by atoms with Gasteiger partial charge in [-0.25, -0.2) is 22.8 Å². The molecular formula is C32H31FN6O3S. The predicted molar refractivity (Wildman–Crippen MR) is 167 cm³/mol. The van der Waals surface area contributed by atoms with E-state index in [0.717, 1.165) is 45.0 Å². The van der Waals surface area contributed by atoms with Crippen LogP contribution < -0.4 is 10.6 Å². The van der Waals surface area contributed by atoms with Crippen molar-refractivity contribution in [3.63, 3.8) is 0 Å². The molecule has 0 amide bonds. The first-order valence-corrected chi connectivity index (χ1v) is 16.0. The zero-order chi connectivity index (χ0) is 30.0. The molecule has 0 radical (unpaired) electrons. The summed E-state index contributed by atoms with van der Waals surface area (Å²) in [5.41, 5.74) is 4.17. The average molecular weight is 599 g/mol. The van der Waals surface area contributed by atoms with Gasteiger partial charge < -0.3 is 15.1 Å². The number of sulfone groups is 1. The third-order valence-corrected chi connectivity index (χ3v) is 8.06. The molecule has 0 aliphatic rings. The Morgan fingerprint density at radius 3 is 2.72 bits per heavy atom. The Morgan fingerprint density at radius 1 is 1.02 bits per heavy atom. The van der Waals surface area contributed by atoms with Gasteiger partial charge in [0, 0.05) is 28.3 Å². The number of nitrogens with zero attached hydrogens (tertiary/aromatic N) is 4. The highest BCUT2D eigenvalue weighted by Gasteiger charge is 2.21. The highest BCUT2D eigenvalue weighted by Crippen LogP contribution is 2.32. The average Bonchev–Trinajstić information content (AvgIpc) is 3.62. The smallest absolute Gasteiger partial charge is 0.149 e. The Hall–Kier alpha value is -4.61. The van der Waals surface area contributed by atoms with Crippen molar-refractivity contribution in [3.8, 4) is 11.3 Å². The first kappa shape index (κ1) is 28.5. The minimum atomic E-state index is -3.22. The van der Waals surface area contributed by atoms with Gasteiger partial charge in [0.1, 0.15) is 39.3 Å². The molecule has 3 heterocycles. The van der Waals surface area contributed by atoms with Gasteiger partial charge in [0.25, 0.3) is 0 Å². The molecule has 0 saturated carbocycles. The molecule has 2 N–H and O–H groups in total. The number of furan rings is 1. The van der Waals surface area contributed by atoms with Crippen molar-refractivity contribution < 1.29 is 17.2 Å². The van der Waals surface area contributed by atoms with Crippen LogP contribution in [0.25, 0.3) is 33.1 Å². The van der Waals surface area contributed by atoms with Gasteiger partial charge in [-0.05, 0) is 79.2 Å². The first-order chi connectivity index (χ1) is 20.8. The molecule has 0 saturated heterocycles. The van der Waals surface area contributed by atoms with E-state index in [1.807, 2.05) is 66.2 Å². The molecular weight excluding hydrogens is 567 g/mol. The van der Waals surface area contributed by atoms with Crippen molar-refractivity contribution in [3.05, 3.63) is 102 Å². The number of halogens is 1. The number of nitrogens with one attached hydrogen (secondary N) is 2. The Bertz CT molecular complexity index is 2020. The maximum absolute atomic E-state index is 13.7. The summed E-state index contributed by atoms with van der Waals surface area (Å²) in [4.78, 5) is 8.93. The molecule has 1 unspecified atom stereocenters. The fraction of sp³-hybridized carbons (Fsp3) is 0.219. The summed E-state index contributed by atoms with van der Waals surface area (Å²) < 4.78 is 45.7. The maximum atomic E-state index is 13.7. The van der Waals surface area contributed by atoms with E-state index >= 15 is 0 Å². The fourth-order valence-corrected chi connectivity index (χ4v) is 5.99. The minimum Gasteiger partial charge on any atom is -0.459 e. The molecule has 0 aliphatic heterocycles. The van der Waals surface area contributed by atoms with Gasteiger partial charge in [-0.2, -0.15) is 5.10 Å². The first-order valence-electron chi connectivity index (χ1n) is 14.0. The summed E-state index contributed by atoms with van der Waals surface area (Å²) in [5, 5.41) is 12.9. The number of hydrogen-bond donors (Lipinski definition) is 2. The largest absolute Gasteiger partial charge is 0.459 e. The zero-order valence-corrected chi connectivity index (χ0v) is 24.6. The van der Waals surface area contributed by atoms with Crippen LogP contribution in [-0.2, 0) is 16.4 Å². The Labute approximate surface area is 248 Å². The van der Waals surface area contributed by atoms with Gasteiger partial charge in [0.15, 0.2) is 0 Å². The van der Waals surface area contributed by atoms with Crippen molar-refractivity contribution in [1.29, 1.82) is 0 Å². The summed E-state index contributed by atoms with van der Waals surface area (Å²) in [6.45, 7) is 3.17. The number of benzene rings is 3. The van der Waals surface area contributed by atoms with Gasteiger partial charge in [-0.3, -0.25) is 4.68 Å². The van der Waals surface area contributed by atoms with E-state index in [1.165, 1.54) is 24.7 Å². The Morgan fingerprint density at radius 2 is 1.91 bits per heavy atom. The molecule has 9 nitrogen and oxygen atoms in total. The molecule has 1 atom stereocenters. The summed E-state index contributed by atoms with van der Waals surface area (Å²) in [5.74, 6) is 1.50. The molecule has 6 aromatic rings. The fourth-order valence-electron chi connectivity index (χ4n) is 5.10. The lowest BCUT2D eigenvalue weighted by atomic mass is 10.1. The number of rotatable bonds is 11. The van der Waals surface area contributed by atoms with Crippen molar-refractivity contribution in [2.45, 2.75) is 25.9 Å². The number of anilines is 2. The van der Waals surface area contributed by atoms with E-state index in [4.69, 9.17) is 4.42 Å². The Balaban J connectivity index is 1.26. The molecule has 3 aromatic carbocycles. The van der Waals surface area contributed by atoms with E-state index in [-0.39, 0.29) is 11.6 Å². The second-order valence-corrected chi connectivity index (χ2v) is 12.8. The predicted octanol–water partition coefficient (Wildman–Crippen LogP) is 6.26. The van der Waals surface area contributed by atoms with Crippen molar-refractivity contribution in [2.24, 2.45) is 0 Å². The summed E-state index contributed by atoms with van der Waals surface area (Å²) in [6.07, 6.45) is 5.40. The van der Waals surface area contributed by atoms with E-state index in [1.54, 1.807) is 12.3 Å². The molecule has 220 valence electrons. The lowest BCUT2D eigenvalue weighted by Crippen LogP contribution is -2.28. The van der Waals surface area contributed by atoms with Crippen LogP contribution in [0.15, 0.2) is 89.7 Å². The van der Waals surface area contributed by atoms with Crippen LogP contribution in [0, 0.1) is 5.82 Å². The van der Waals surface area contributed by atoms with Crippen molar-refractivity contribution in [2.75, 3.05) is 23.9 Å². The van der Waals surface area contributed by atoms with Crippen LogP contribution in [0.3, 0.4) is 0 Å². The van der Waals surface area contributed by atoms with Gasteiger partial charge in [-0.1, -0.05) is 19.1 Å². The molecule has 0 bridgehead atoms. The maximum Gasteiger partial charge on any atom is 0.149 e. The molecule has 0 fully saturated rings. The molecule has 11 heteroatoms. The zero-order valence-electron chi connectivity index (χ0n) is 23.8. The van der Waals surface area contributed by atoms with Crippen LogP contribution in [0.5, 0.6) is 0 Å². The molecule has 6 rings (SSSR count). The van der Waals surface area contributed by atoms with Crippen LogP contribution in [-0.4, -0.2) is 46.7 Å². The molecule has 0 spiro atoms. The monoisotopic (exact) mass is 598 g/mol. The summed E-state index contributed by atoms with van der Waals surface area (Å²) in [6, 6.07) is 21.5. The molecule has 0 aliphatic carbocycles. The standard InChI is InChI=1S/C32H31FN6O3S/c1-3-13-34-28(19-43(2,40)41)31-12-11-30(42-31)22-7-9-27-26(16-22)32(36-20-35-27)38-25-8-10-29-23(15-25)17-37-39(29)18-21-5-4-6-24(33)14-21/h4-12,14-17,20,28,34H,3,13,18-19H2,1-2H3,(H,35,36,38). The lowest BCUT2D eigenvalue weighted by molar-refractivity contribution is 0.437. The molecule has 43 heavy (non-hydrogen) atoms. The molecule has 3 aromatic heterocycles. The normalized spacial score (nSPS) is 12.6. The van der Waals surface area contributed by atoms with Crippen LogP contribution in [0.2, 0.25) is 0 Å². The van der Waals surface area contributed by atoms with E-state index < -0.39 is 15.9 Å². The van der Waals surface area contributed by atoms with Gasteiger partial charge in [0.2, 0.25) is 0 Å². The third-order valence-electron chi connectivity index (χ3n) is 7.13. The summed E-state index contributed by atoms with van der Waals surface area (Å²) >= 11 is 0. The van der Waals surface area contributed by atoms with E-state index in [9.17, 15) is 12.8 Å². The minimum absolute atomic E-state index is 0.0480. The lowest BCUT2D eigenvalue weighted by Gasteiger charge is -2.15. The summed E-state index contributed by atoms with van der Waals surface area (Å²) in [7, 11) is -3.22. The Kier molecular flexibility index (Phi) is 7.92. The number of fused-ring (bicyclic) bond motifs is 2. The van der Waals surface area contributed by atoms with E-state index in [0.29, 0.717) is 30.4 Å². The number of hydrogen-bond acceptors (Lipinski definition) is 8. The van der Waals surface area contributed by atoms with Crippen LogP contribution >= 0.6 is 0 Å². The third kappa shape index (κ3) is 6.58.